The number of hydrogen-bond donors (Lipinski definition) is 0. The molecule has 0 spiro atoms. The van der Waals surface area contributed by atoms with E-state index in [0.717, 1.165) is 29.1 Å². The summed E-state index contributed by atoms with van der Waals surface area (Å²) in [5.41, 5.74) is -0.212. The van der Waals surface area contributed by atoms with Crippen molar-refractivity contribution in [3.05, 3.63) is 63.8 Å². The highest BCUT2D eigenvalue weighted by Crippen LogP contribution is 2.29. The maximum absolute atomic E-state index is 13.4. The normalized spacial score (nSPS) is 12.0. The number of hydrogen-bond acceptors (Lipinski definition) is 6. The number of benzene rings is 2. The van der Waals surface area contributed by atoms with Crippen LogP contribution in [0.25, 0.3) is 15.2 Å². The summed E-state index contributed by atoms with van der Waals surface area (Å²) in [4.78, 5) is 16.7. The fraction of sp³-hybridized carbons (Fsp3) is 0.111. The van der Waals surface area contributed by atoms with Crippen LogP contribution in [0, 0.1) is 5.82 Å². The molecule has 4 rings (SSSR count). The lowest BCUT2D eigenvalue weighted by molar-refractivity contribution is 0.341. The third-order valence-electron chi connectivity index (χ3n) is 4.07. The van der Waals surface area contributed by atoms with Gasteiger partial charge in [0.1, 0.15) is 11.6 Å². The summed E-state index contributed by atoms with van der Waals surface area (Å²) in [5, 5.41) is -0.348. The third kappa shape index (κ3) is 2.95. The zero-order valence-electron chi connectivity index (χ0n) is 14.3. The van der Waals surface area contributed by atoms with E-state index < -0.39 is 26.1 Å². The van der Waals surface area contributed by atoms with Crippen molar-refractivity contribution in [2.75, 3.05) is 6.61 Å². The SMILES string of the molecule is CCOc1ccc2c(c1)sc1ncc(S(=O)(=O)c3ccc(F)c(Cl)c3)c(=O)n12. The molecule has 0 aliphatic carbocycles. The van der Waals surface area contributed by atoms with E-state index in [1.54, 1.807) is 18.2 Å². The van der Waals surface area contributed by atoms with Crippen LogP contribution >= 0.6 is 22.9 Å². The van der Waals surface area contributed by atoms with Crippen molar-refractivity contribution in [2.45, 2.75) is 16.7 Å². The van der Waals surface area contributed by atoms with Gasteiger partial charge in [-0.2, -0.15) is 0 Å². The number of ether oxygens (including phenoxy) is 1. The zero-order chi connectivity index (χ0) is 20.1. The minimum atomic E-state index is -4.23. The van der Waals surface area contributed by atoms with Gasteiger partial charge in [0.15, 0.2) is 9.86 Å². The first-order valence-electron chi connectivity index (χ1n) is 8.10. The lowest BCUT2D eigenvalue weighted by Gasteiger charge is -2.06. The summed E-state index contributed by atoms with van der Waals surface area (Å²) in [6, 6.07) is 8.12. The molecule has 2 aromatic heterocycles. The predicted molar refractivity (Wildman–Crippen MR) is 105 cm³/mol. The Hall–Kier alpha value is -2.49. The number of nitrogens with zero attached hydrogens (tertiary/aromatic N) is 2. The Morgan fingerprint density at radius 2 is 2.04 bits per heavy atom. The van der Waals surface area contributed by atoms with Gasteiger partial charge in [0, 0.05) is 0 Å². The molecule has 0 aliphatic heterocycles. The smallest absolute Gasteiger partial charge is 0.278 e. The van der Waals surface area contributed by atoms with Gasteiger partial charge in [-0.25, -0.2) is 22.2 Å². The molecule has 0 saturated heterocycles. The van der Waals surface area contributed by atoms with Crippen molar-refractivity contribution in [1.82, 2.24) is 9.38 Å². The Kier molecular flexibility index (Phi) is 4.60. The van der Waals surface area contributed by atoms with Gasteiger partial charge in [-0.3, -0.25) is 4.79 Å². The monoisotopic (exact) mass is 438 g/mol. The van der Waals surface area contributed by atoms with E-state index in [0.29, 0.717) is 22.8 Å². The van der Waals surface area contributed by atoms with Gasteiger partial charge in [-0.15, -0.1) is 0 Å². The topological polar surface area (TPSA) is 77.7 Å². The van der Waals surface area contributed by atoms with Crippen molar-refractivity contribution in [2.24, 2.45) is 0 Å². The third-order valence-corrected chi connectivity index (χ3v) is 7.11. The first-order valence-corrected chi connectivity index (χ1v) is 10.8. The molecule has 0 atom stereocenters. The Labute approximate surface area is 167 Å². The molecule has 0 amide bonds. The van der Waals surface area contributed by atoms with E-state index in [-0.39, 0.29) is 9.92 Å². The molecule has 2 aromatic carbocycles. The highest BCUT2D eigenvalue weighted by atomic mass is 35.5. The second-order valence-corrected chi connectivity index (χ2v) is 9.12. The molecule has 0 fully saturated rings. The maximum atomic E-state index is 13.4. The van der Waals surface area contributed by atoms with Gasteiger partial charge in [0.2, 0.25) is 9.84 Å². The molecule has 0 aliphatic rings. The molecule has 144 valence electrons. The van der Waals surface area contributed by atoms with Gasteiger partial charge in [-0.05, 0) is 43.3 Å². The van der Waals surface area contributed by atoms with Crippen LogP contribution in [0.4, 0.5) is 4.39 Å². The molecular weight excluding hydrogens is 427 g/mol. The maximum Gasteiger partial charge on any atom is 0.278 e. The van der Waals surface area contributed by atoms with Crippen LogP contribution in [0.1, 0.15) is 6.92 Å². The summed E-state index contributed by atoms with van der Waals surface area (Å²) >= 11 is 6.94. The molecule has 0 bridgehead atoms. The average Bonchev–Trinajstić information content (AvgIpc) is 3.02. The predicted octanol–water partition coefficient (Wildman–Crippen LogP) is 3.93. The Balaban J connectivity index is 1.95. The van der Waals surface area contributed by atoms with Gasteiger partial charge in [-0.1, -0.05) is 22.9 Å². The molecule has 0 N–H and O–H groups in total. The molecule has 28 heavy (non-hydrogen) atoms. The van der Waals surface area contributed by atoms with E-state index in [1.807, 2.05) is 6.92 Å². The van der Waals surface area contributed by atoms with Crippen LogP contribution in [-0.2, 0) is 9.84 Å². The quantitative estimate of drug-likeness (QED) is 0.451. The van der Waals surface area contributed by atoms with Crippen LogP contribution in [0.2, 0.25) is 5.02 Å². The van der Waals surface area contributed by atoms with Crippen LogP contribution in [0.3, 0.4) is 0 Å². The first kappa shape index (κ1) is 18.9. The van der Waals surface area contributed by atoms with Gasteiger partial charge in [0.25, 0.3) is 5.56 Å². The van der Waals surface area contributed by atoms with Gasteiger partial charge in [0.05, 0.1) is 32.9 Å². The summed E-state index contributed by atoms with van der Waals surface area (Å²) in [6.45, 7) is 2.36. The van der Waals surface area contributed by atoms with E-state index in [1.165, 1.54) is 15.7 Å². The molecule has 0 unspecified atom stereocenters. The van der Waals surface area contributed by atoms with E-state index in [9.17, 15) is 17.6 Å². The molecule has 0 radical (unpaired) electrons. The highest BCUT2D eigenvalue weighted by Gasteiger charge is 2.25. The molecule has 10 heteroatoms. The molecule has 6 nitrogen and oxygen atoms in total. The minimum absolute atomic E-state index is 0.282. The standard InChI is InChI=1S/C18H12ClFN2O4S2/c1-2-26-10-3-6-14-15(7-10)27-18-21-9-16(17(23)22(14)18)28(24,25)11-4-5-13(20)12(19)8-11/h3-9H,2H2,1H3. The first-order chi connectivity index (χ1) is 13.3. The number of rotatable bonds is 4. The van der Waals surface area contributed by atoms with Crippen LogP contribution in [-0.4, -0.2) is 24.4 Å². The number of sulfone groups is 1. The number of fused-ring (bicyclic) bond motifs is 3. The van der Waals surface area contributed by atoms with E-state index in [2.05, 4.69) is 4.98 Å². The van der Waals surface area contributed by atoms with E-state index >= 15 is 0 Å². The van der Waals surface area contributed by atoms with Crippen molar-refractivity contribution in [1.29, 1.82) is 0 Å². The lowest BCUT2D eigenvalue weighted by Crippen LogP contribution is -2.22. The number of aromatic nitrogens is 2. The fourth-order valence-electron chi connectivity index (χ4n) is 2.78. The summed E-state index contributed by atoms with van der Waals surface area (Å²) in [7, 11) is -4.23. The van der Waals surface area contributed by atoms with Crippen LogP contribution < -0.4 is 10.3 Å². The summed E-state index contributed by atoms with van der Waals surface area (Å²) in [6.07, 6.45) is 1.02. The van der Waals surface area contributed by atoms with Gasteiger partial charge < -0.3 is 4.74 Å². The fourth-order valence-corrected chi connectivity index (χ4v) is 5.32. The number of halogens is 2. The summed E-state index contributed by atoms with van der Waals surface area (Å²) in [5.74, 6) is -0.108. The van der Waals surface area contributed by atoms with E-state index in [4.69, 9.17) is 16.3 Å². The lowest BCUT2D eigenvalue weighted by atomic mass is 10.3. The Morgan fingerprint density at radius 3 is 2.75 bits per heavy atom. The Bertz CT molecular complexity index is 1400. The Morgan fingerprint density at radius 1 is 1.25 bits per heavy atom. The largest absolute Gasteiger partial charge is 0.494 e. The van der Waals surface area contributed by atoms with Crippen molar-refractivity contribution in [3.8, 4) is 5.75 Å². The van der Waals surface area contributed by atoms with Crippen molar-refractivity contribution in [3.63, 3.8) is 0 Å². The van der Waals surface area contributed by atoms with Gasteiger partial charge >= 0.3 is 0 Å². The number of thiazole rings is 1. The minimum Gasteiger partial charge on any atom is -0.494 e. The van der Waals surface area contributed by atoms with Crippen molar-refractivity contribution < 1.29 is 17.5 Å². The molecule has 2 heterocycles. The van der Waals surface area contributed by atoms with Crippen LogP contribution in [0.5, 0.6) is 5.75 Å². The second kappa shape index (κ2) is 6.84. The molecule has 4 aromatic rings. The zero-order valence-corrected chi connectivity index (χ0v) is 16.7. The average molecular weight is 439 g/mol. The highest BCUT2D eigenvalue weighted by molar-refractivity contribution is 7.91. The van der Waals surface area contributed by atoms with Crippen molar-refractivity contribution >= 4 is 48.0 Å². The molecule has 0 saturated carbocycles. The van der Waals surface area contributed by atoms with Crippen LogP contribution in [0.15, 0.2) is 57.2 Å². The summed E-state index contributed by atoms with van der Waals surface area (Å²) < 4.78 is 46.6. The second-order valence-electron chi connectivity index (χ2n) is 5.79. The molecular formula is C18H12ClFN2O4S2.